The van der Waals surface area contributed by atoms with Gasteiger partial charge in [0.2, 0.25) is 5.91 Å². The Balaban J connectivity index is 2.30. The van der Waals surface area contributed by atoms with Crippen molar-refractivity contribution in [3.8, 4) is 0 Å². The van der Waals surface area contributed by atoms with E-state index in [1.807, 2.05) is 6.92 Å². The summed E-state index contributed by atoms with van der Waals surface area (Å²) in [5.41, 5.74) is 4.58. The minimum Gasteiger partial charge on any atom is -0.480 e. The van der Waals surface area contributed by atoms with Gasteiger partial charge >= 0.3 is 5.97 Å². The van der Waals surface area contributed by atoms with Gasteiger partial charge in [-0.15, -0.1) is 0 Å². The van der Waals surface area contributed by atoms with Crippen LogP contribution in [0.1, 0.15) is 45.4 Å². The predicted octanol–water partition coefficient (Wildman–Crippen LogP) is 0.627. The molecule has 92 valence electrons. The van der Waals surface area contributed by atoms with Crippen molar-refractivity contribution < 1.29 is 14.7 Å². The van der Waals surface area contributed by atoms with E-state index in [1.165, 1.54) is 0 Å². The van der Waals surface area contributed by atoms with Gasteiger partial charge in [0.15, 0.2) is 0 Å². The number of amides is 1. The highest BCUT2D eigenvalue weighted by atomic mass is 16.4. The van der Waals surface area contributed by atoms with Gasteiger partial charge in [0.25, 0.3) is 0 Å². The number of carbonyl (C=O) groups excluding carboxylic acids is 1. The number of nitrogens with one attached hydrogen (secondary N) is 1. The molecule has 1 rings (SSSR count). The van der Waals surface area contributed by atoms with Gasteiger partial charge in [-0.2, -0.15) is 0 Å². The molecule has 1 aliphatic carbocycles. The van der Waals surface area contributed by atoms with E-state index in [9.17, 15) is 9.59 Å². The van der Waals surface area contributed by atoms with Crippen LogP contribution in [0.2, 0.25) is 0 Å². The fraction of sp³-hybridized carbons (Fsp3) is 0.818. The molecule has 1 unspecified atom stereocenters. The predicted molar refractivity (Wildman–Crippen MR) is 59.9 cm³/mol. The summed E-state index contributed by atoms with van der Waals surface area (Å²) in [5.74, 6) is -1.10. The van der Waals surface area contributed by atoms with E-state index < -0.39 is 11.5 Å². The van der Waals surface area contributed by atoms with Gasteiger partial charge in [-0.25, -0.2) is 4.79 Å². The Labute approximate surface area is 95.4 Å². The lowest BCUT2D eigenvalue weighted by Crippen LogP contribution is -2.59. The van der Waals surface area contributed by atoms with Crippen LogP contribution in [0.5, 0.6) is 0 Å². The highest BCUT2D eigenvalue weighted by Crippen LogP contribution is 2.32. The molecule has 5 nitrogen and oxygen atoms in total. The first-order valence-corrected chi connectivity index (χ1v) is 5.76. The van der Waals surface area contributed by atoms with Crippen LogP contribution in [0.3, 0.4) is 0 Å². The Kier molecular flexibility index (Phi) is 4.29. The third-order valence-electron chi connectivity index (χ3n) is 3.06. The molecular weight excluding hydrogens is 208 g/mol. The molecule has 0 aromatic carbocycles. The van der Waals surface area contributed by atoms with E-state index >= 15 is 0 Å². The minimum atomic E-state index is -0.981. The van der Waals surface area contributed by atoms with Gasteiger partial charge in [0.1, 0.15) is 5.54 Å². The highest BCUT2D eigenvalue weighted by Gasteiger charge is 2.45. The van der Waals surface area contributed by atoms with Crippen LogP contribution in [-0.4, -0.2) is 28.6 Å². The number of hydrogen-bond donors (Lipinski definition) is 3. The van der Waals surface area contributed by atoms with Crippen molar-refractivity contribution in [3.63, 3.8) is 0 Å². The van der Waals surface area contributed by atoms with Gasteiger partial charge in [-0.3, -0.25) is 4.79 Å². The Bertz CT molecular complexity index is 272. The largest absolute Gasteiger partial charge is 0.480 e. The first-order valence-electron chi connectivity index (χ1n) is 5.76. The van der Waals surface area contributed by atoms with E-state index in [-0.39, 0.29) is 11.9 Å². The average molecular weight is 228 g/mol. The van der Waals surface area contributed by atoms with Crippen molar-refractivity contribution in [2.45, 2.75) is 57.0 Å². The zero-order chi connectivity index (χ0) is 12.2. The van der Waals surface area contributed by atoms with Crippen LogP contribution in [0.25, 0.3) is 0 Å². The summed E-state index contributed by atoms with van der Waals surface area (Å²) >= 11 is 0. The smallest absolute Gasteiger partial charge is 0.329 e. The number of nitrogens with two attached hydrogens (primary N) is 1. The topological polar surface area (TPSA) is 92.4 Å². The van der Waals surface area contributed by atoms with Gasteiger partial charge in [0, 0.05) is 12.5 Å². The maximum Gasteiger partial charge on any atom is 0.329 e. The van der Waals surface area contributed by atoms with Crippen LogP contribution in [0.4, 0.5) is 0 Å². The van der Waals surface area contributed by atoms with Crippen LogP contribution in [0.15, 0.2) is 0 Å². The first kappa shape index (κ1) is 13.0. The zero-order valence-corrected chi connectivity index (χ0v) is 9.66. The molecular formula is C11H20N2O3. The molecule has 0 bridgehead atoms. The molecule has 1 amide bonds. The van der Waals surface area contributed by atoms with E-state index in [2.05, 4.69) is 5.32 Å². The fourth-order valence-corrected chi connectivity index (χ4v) is 1.84. The fourth-order valence-electron chi connectivity index (χ4n) is 1.84. The molecule has 5 heteroatoms. The summed E-state index contributed by atoms with van der Waals surface area (Å²) in [6, 6.07) is 0.0879. The second-order valence-electron chi connectivity index (χ2n) is 4.66. The number of carbonyl (C=O) groups is 2. The number of aliphatic carboxylic acids is 1. The van der Waals surface area contributed by atoms with E-state index in [0.717, 1.165) is 12.8 Å². The van der Waals surface area contributed by atoms with Crippen LogP contribution >= 0.6 is 0 Å². The van der Waals surface area contributed by atoms with E-state index in [1.54, 1.807) is 0 Å². The monoisotopic (exact) mass is 228 g/mol. The van der Waals surface area contributed by atoms with Crippen molar-refractivity contribution in [1.29, 1.82) is 0 Å². The van der Waals surface area contributed by atoms with E-state index in [0.29, 0.717) is 25.7 Å². The molecule has 0 saturated heterocycles. The highest BCUT2D eigenvalue weighted by molar-refractivity contribution is 5.87. The lowest BCUT2D eigenvalue weighted by molar-refractivity contribution is -0.151. The van der Waals surface area contributed by atoms with Gasteiger partial charge in [-0.05, 0) is 39.0 Å². The summed E-state index contributed by atoms with van der Waals surface area (Å²) in [5, 5.41) is 11.6. The van der Waals surface area contributed by atoms with Gasteiger partial charge in [0.05, 0.1) is 0 Å². The summed E-state index contributed by atoms with van der Waals surface area (Å²) in [4.78, 5) is 22.5. The normalized spacial score (nSPS) is 19.6. The Morgan fingerprint density at radius 1 is 1.50 bits per heavy atom. The average Bonchev–Trinajstić information content (AvgIpc) is 2.10. The summed E-state index contributed by atoms with van der Waals surface area (Å²) < 4.78 is 0. The molecule has 4 N–H and O–H groups in total. The molecule has 1 saturated carbocycles. The molecule has 0 aromatic heterocycles. The molecule has 1 fully saturated rings. The van der Waals surface area contributed by atoms with Crippen molar-refractivity contribution in [1.82, 2.24) is 5.32 Å². The summed E-state index contributed by atoms with van der Waals surface area (Å²) in [7, 11) is 0. The first-order chi connectivity index (χ1) is 7.46. The van der Waals surface area contributed by atoms with Crippen molar-refractivity contribution in [2.75, 3.05) is 0 Å². The molecule has 0 radical (unpaired) electrons. The molecule has 1 atom stereocenters. The van der Waals surface area contributed by atoms with Crippen molar-refractivity contribution in [3.05, 3.63) is 0 Å². The van der Waals surface area contributed by atoms with Crippen molar-refractivity contribution >= 4 is 11.9 Å². The molecule has 0 spiro atoms. The Hall–Kier alpha value is -1.10. The third kappa shape index (κ3) is 3.20. The summed E-state index contributed by atoms with van der Waals surface area (Å²) in [6.07, 6.45) is 3.80. The number of carboxylic acid groups (broad SMARTS) is 1. The Morgan fingerprint density at radius 2 is 2.12 bits per heavy atom. The maximum absolute atomic E-state index is 11.5. The quantitative estimate of drug-likeness (QED) is 0.621. The number of carboxylic acids is 1. The molecule has 1 aliphatic rings. The van der Waals surface area contributed by atoms with E-state index in [4.69, 9.17) is 10.8 Å². The molecule has 0 heterocycles. The van der Waals surface area contributed by atoms with Crippen LogP contribution < -0.4 is 11.1 Å². The zero-order valence-electron chi connectivity index (χ0n) is 9.66. The van der Waals surface area contributed by atoms with Gasteiger partial charge < -0.3 is 16.2 Å². The Morgan fingerprint density at radius 3 is 2.50 bits per heavy atom. The molecule has 0 aromatic rings. The molecule has 16 heavy (non-hydrogen) atoms. The second kappa shape index (κ2) is 5.30. The summed E-state index contributed by atoms with van der Waals surface area (Å²) in [6.45, 7) is 1.89. The lowest BCUT2D eigenvalue weighted by atomic mass is 9.76. The lowest BCUT2D eigenvalue weighted by Gasteiger charge is -2.38. The number of hydrogen-bond acceptors (Lipinski definition) is 3. The maximum atomic E-state index is 11.5. The van der Waals surface area contributed by atoms with Gasteiger partial charge in [-0.1, -0.05) is 0 Å². The van der Waals surface area contributed by atoms with Crippen LogP contribution in [0, 0.1) is 0 Å². The third-order valence-corrected chi connectivity index (χ3v) is 3.06. The number of rotatable bonds is 6. The molecule has 0 aliphatic heterocycles. The van der Waals surface area contributed by atoms with Crippen LogP contribution in [-0.2, 0) is 9.59 Å². The minimum absolute atomic E-state index is 0.0879. The second-order valence-corrected chi connectivity index (χ2v) is 4.66. The van der Waals surface area contributed by atoms with Crippen molar-refractivity contribution in [2.24, 2.45) is 5.73 Å². The standard InChI is InChI=1S/C11H20N2O3/c1-8(12)4-2-5-9(14)13-11(10(15)16)6-3-7-11/h8H,2-7,12H2,1H3,(H,13,14)(H,15,16). The SMILES string of the molecule is CC(N)CCCC(=O)NC1(C(=O)O)CCC1.